The van der Waals surface area contributed by atoms with Gasteiger partial charge in [-0.3, -0.25) is 0 Å². The molecule has 0 heterocycles. The zero-order valence-electron chi connectivity index (χ0n) is 5.19. The van der Waals surface area contributed by atoms with Crippen molar-refractivity contribution in [2.75, 3.05) is 0 Å². The second-order valence-electron chi connectivity index (χ2n) is 3.26. The Morgan fingerprint density at radius 3 is 1.44 bits per heavy atom. The zero-order valence-corrected chi connectivity index (χ0v) is 6.70. The Kier molecular flexibility index (Phi) is 1.42. The third-order valence-corrected chi connectivity index (χ3v) is 3.75. The molecule has 2 saturated carbocycles. The summed E-state index contributed by atoms with van der Waals surface area (Å²) in [5.74, 6) is 1.50. The Morgan fingerprint density at radius 2 is 1.22 bits per heavy atom. The van der Waals surface area contributed by atoms with Crippen molar-refractivity contribution in [1.82, 2.24) is 0 Å². The molecule has 2 fully saturated rings. The van der Waals surface area contributed by atoms with Crippen LogP contribution < -0.4 is 0 Å². The Labute approximate surface area is 65.5 Å². The highest BCUT2D eigenvalue weighted by atomic mass is 35.5. The second kappa shape index (κ2) is 2.03. The minimum Gasteiger partial charge on any atom is -0.123 e. The summed E-state index contributed by atoms with van der Waals surface area (Å²) >= 11 is 12.0. The number of rotatable bonds is 0. The molecule has 0 radical (unpaired) electrons. The summed E-state index contributed by atoms with van der Waals surface area (Å²) in [4.78, 5) is 0. The van der Waals surface area contributed by atoms with Gasteiger partial charge in [-0.1, -0.05) is 0 Å². The van der Waals surface area contributed by atoms with Gasteiger partial charge in [-0.2, -0.15) is 0 Å². The summed E-state index contributed by atoms with van der Waals surface area (Å²) in [6.45, 7) is 0. The van der Waals surface area contributed by atoms with Crippen LogP contribution in [0.2, 0.25) is 0 Å². The Balaban J connectivity index is 2.10. The van der Waals surface area contributed by atoms with Crippen LogP contribution in [0.15, 0.2) is 0 Å². The summed E-state index contributed by atoms with van der Waals surface area (Å²) in [6.07, 6.45) is 3.63. The van der Waals surface area contributed by atoms with Crippen molar-refractivity contribution in [2.45, 2.75) is 30.0 Å². The quantitative estimate of drug-likeness (QED) is 0.484. The van der Waals surface area contributed by atoms with E-state index in [1.165, 1.54) is 19.3 Å². The van der Waals surface area contributed by atoms with Crippen molar-refractivity contribution in [1.29, 1.82) is 0 Å². The van der Waals surface area contributed by atoms with E-state index in [2.05, 4.69) is 0 Å². The first-order valence-electron chi connectivity index (χ1n) is 3.55. The first-order valence-corrected chi connectivity index (χ1v) is 4.43. The van der Waals surface area contributed by atoms with Crippen LogP contribution in [0.25, 0.3) is 0 Å². The molecule has 0 aromatic carbocycles. The maximum atomic E-state index is 6.02. The predicted molar refractivity (Wildman–Crippen MR) is 40.1 cm³/mol. The standard InChI is InChI=1S/C7H10Cl2/c8-6-2-4-1-5(6)3-7(4)9/h4-7H,1-3H2/t4-,5-,6-,7+/m0/s1. The van der Waals surface area contributed by atoms with Crippen LogP contribution in [0.4, 0.5) is 0 Å². The SMILES string of the molecule is Cl[C@@H]1C[C@@H]2C[C@H]1C[C@@H]2Cl. The molecule has 0 unspecified atom stereocenters. The number of fused-ring (bicyclic) bond motifs is 2. The van der Waals surface area contributed by atoms with E-state index in [0.29, 0.717) is 10.8 Å². The Morgan fingerprint density at radius 1 is 0.778 bits per heavy atom. The van der Waals surface area contributed by atoms with Crippen molar-refractivity contribution in [2.24, 2.45) is 11.8 Å². The third-order valence-electron chi connectivity index (χ3n) is 2.68. The summed E-state index contributed by atoms with van der Waals surface area (Å²) in [6, 6.07) is 0. The average molecular weight is 165 g/mol. The van der Waals surface area contributed by atoms with E-state index in [1.54, 1.807) is 0 Å². The molecule has 0 aromatic rings. The number of hydrogen-bond acceptors (Lipinski definition) is 0. The van der Waals surface area contributed by atoms with E-state index in [0.717, 1.165) is 11.8 Å². The van der Waals surface area contributed by atoms with E-state index in [9.17, 15) is 0 Å². The fraction of sp³-hybridized carbons (Fsp3) is 1.00. The topological polar surface area (TPSA) is 0 Å². The molecule has 2 heteroatoms. The van der Waals surface area contributed by atoms with Gasteiger partial charge in [0, 0.05) is 10.8 Å². The second-order valence-corrected chi connectivity index (χ2v) is 4.38. The molecule has 52 valence electrons. The molecule has 9 heavy (non-hydrogen) atoms. The van der Waals surface area contributed by atoms with Gasteiger partial charge in [0.05, 0.1) is 0 Å². The Hall–Kier alpha value is 0.580. The third kappa shape index (κ3) is 0.877. The first kappa shape index (κ1) is 6.30. The molecule has 0 spiro atoms. The largest absolute Gasteiger partial charge is 0.123 e. The maximum Gasteiger partial charge on any atom is 0.0368 e. The monoisotopic (exact) mass is 164 g/mol. The molecule has 2 aliphatic carbocycles. The summed E-state index contributed by atoms with van der Waals surface area (Å²) in [7, 11) is 0. The summed E-state index contributed by atoms with van der Waals surface area (Å²) < 4.78 is 0. The minimum atomic E-state index is 0.449. The summed E-state index contributed by atoms with van der Waals surface area (Å²) in [5, 5.41) is 0.898. The van der Waals surface area contributed by atoms with Crippen LogP contribution in [0.5, 0.6) is 0 Å². The van der Waals surface area contributed by atoms with Crippen molar-refractivity contribution in [3.8, 4) is 0 Å². The molecular weight excluding hydrogens is 155 g/mol. The molecule has 0 aromatic heterocycles. The smallest absolute Gasteiger partial charge is 0.0368 e. The lowest BCUT2D eigenvalue weighted by Crippen LogP contribution is -2.17. The molecule has 0 aliphatic heterocycles. The van der Waals surface area contributed by atoms with Gasteiger partial charge in [-0.25, -0.2) is 0 Å². The molecular formula is C7H10Cl2. The van der Waals surface area contributed by atoms with Crippen molar-refractivity contribution < 1.29 is 0 Å². The van der Waals surface area contributed by atoms with Crippen LogP contribution in [-0.2, 0) is 0 Å². The van der Waals surface area contributed by atoms with Gasteiger partial charge in [0.25, 0.3) is 0 Å². The van der Waals surface area contributed by atoms with E-state index in [-0.39, 0.29) is 0 Å². The van der Waals surface area contributed by atoms with Gasteiger partial charge < -0.3 is 0 Å². The lowest BCUT2D eigenvalue weighted by molar-refractivity contribution is 0.494. The maximum absolute atomic E-state index is 6.02. The fourth-order valence-corrected chi connectivity index (χ4v) is 3.00. The van der Waals surface area contributed by atoms with Gasteiger partial charge in [0.1, 0.15) is 0 Å². The van der Waals surface area contributed by atoms with Gasteiger partial charge in [0.2, 0.25) is 0 Å². The molecule has 2 rings (SSSR count). The fourth-order valence-electron chi connectivity index (χ4n) is 2.14. The van der Waals surface area contributed by atoms with E-state index in [1.807, 2.05) is 0 Å². The molecule has 0 nitrogen and oxygen atoms in total. The van der Waals surface area contributed by atoms with Gasteiger partial charge >= 0.3 is 0 Å². The van der Waals surface area contributed by atoms with Crippen molar-refractivity contribution >= 4 is 23.2 Å². The van der Waals surface area contributed by atoms with E-state index in [4.69, 9.17) is 23.2 Å². The lowest BCUT2D eigenvalue weighted by atomic mass is 10.00. The molecule has 0 N–H and O–H groups in total. The molecule has 0 saturated heterocycles. The lowest BCUT2D eigenvalue weighted by Gasteiger charge is -2.18. The molecule has 0 amide bonds. The number of halogens is 2. The zero-order chi connectivity index (χ0) is 6.43. The normalized spacial score (nSPS) is 56.7. The number of alkyl halides is 2. The van der Waals surface area contributed by atoms with Crippen LogP contribution in [-0.4, -0.2) is 10.8 Å². The molecule has 2 bridgehead atoms. The van der Waals surface area contributed by atoms with Crippen molar-refractivity contribution in [3.63, 3.8) is 0 Å². The van der Waals surface area contributed by atoms with E-state index < -0.39 is 0 Å². The Bertz CT molecular complexity index is 106. The highest BCUT2D eigenvalue weighted by Gasteiger charge is 2.43. The highest BCUT2D eigenvalue weighted by molar-refractivity contribution is 6.23. The highest BCUT2D eigenvalue weighted by Crippen LogP contribution is 2.49. The molecule has 4 atom stereocenters. The first-order chi connectivity index (χ1) is 4.27. The molecule has 2 aliphatic rings. The minimum absolute atomic E-state index is 0.449. The van der Waals surface area contributed by atoms with E-state index >= 15 is 0 Å². The van der Waals surface area contributed by atoms with Crippen LogP contribution in [0.1, 0.15) is 19.3 Å². The predicted octanol–water partition coefficient (Wildman–Crippen LogP) is 2.63. The average Bonchev–Trinajstić information content (AvgIpc) is 2.24. The van der Waals surface area contributed by atoms with Gasteiger partial charge in [-0.15, -0.1) is 23.2 Å². The van der Waals surface area contributed by atoms with Crippen LogP contribution >= 0.6 is 23.2 Å². The summed E-state index contributed by atoms with van der Waals surface area (Å²) in [5.41, 5.74) is 0. The van der Waals surface area contributed by atoms with Gasteiger partial charge in [-0.05, 0) is 31.1 Å². The van der Waals surface area contributed by atoms with Crippen LogP contribution in [0, 0.1) is 11.8 Å². The van der Waals surface area contributed by atoms with Crippen molar-refractivity contribution in [3.05, 3.63) is 0 Å². The van der Waals surface area contributed by atoms with Crippen LogP contribution in [0.3, 0.4) is 0 Å². The van der Waals surface area contributed by atoms with Gasteiger partial charge in [0.15, 0.2) is 0 Å². The number of hydrogen-bond donors (Lipinski definition) is 0.